The maximum absolute atomic E-state index is 13.0. The van der Waals surface area contributed by atoms with Gasteiger partial charge >= 0.3 is 6.03 Å². The van der Waals surface area contributed by atoms with Crippen LogP contribution in [-0.4, -0.2) is 19.0 Å². The third-order valence-electron chi connectivity index (χ3n) is 5.76. The van der Waals surface area contributed by atoms with E-state index in [1.54, 1.807) is 43.5 Å². The third-order valence-corrected chi connectivity index (χ3v) is 6.80. The van der Waals surface area contributed by atoms with Crippen molar-refractivity contribution in [1.82, 2.24) is 5.32 Å². The molecule has 5 rings (SSSR count). The molecule has 1 aliphatic rings. The van der Waals surface area contributed by atoms with Crippen LogP contribution < -0.4 is 19.7 Å². The molecular formula is C28H20ClIN2O4. The number of nitrogens with one attached hydrogen (secondary N) is 1. The van der Waals surface area contributed by atoms with Crippen LogP contribution in [0.3, 0.4) is 0 Å². The number of ether oxygens (including phenoxy) is 2. The highest BCUT2D eigenvalue weighted by Crippen LogP contribution is 2.36. The molecule has 0 radical (unpaired) electrons. The first-order valence-electron chi connectivity index (χ1n) is 11.0. The number of imide groups is 1. The minimum atomic E-state index is -0.537. The average Bonchev–Trinajstić information content (AvgIpc) is 3.15. The second-order valence-corrected chi connectivity index (χ2v) is 9.67. The highest BCUT2D eigenvalue weighted by molar-refractivity contribution is 14.1. The van der Waals surface area contributed by atoms with Gasteiger partial charge in [-0.15, -0.1) is 0 Å². The van der Waals surface area contributed by atoms with Gasteiger partial charge in [0.2, 0.25) is 0 Å². The van der Waals surface area contributed by atoms with Crippen LogP contribution >= 0.6 is 34.2 Å². The van der Waals surface area contributed by atoms with E-state index in [1.165, 1.54) is 0 Å². The fraction of sp³-hybridized carbons (Fsp3) is 0.0714. The van der Waals surface area contributed by atoms with Crippen LogP contribution in [0.2, 0.25) is 5.02 Å². The van der Waals surface area contributed by atoms with E-state index in [0.717, 1.165) is 24.8 Å². The number of urea groups is 1. The Labute approximate surface area is 226 Å². The summed E-state index contributed by atoms with van der Waals surface area (Å²) in [4.78, 5) is 26.6. The monoisotopic (exact) mass is 610 g/mol. The molecule has 0 aliphatic carbocycles. The summed E-state index contributed by atoms with van der Waals surface area (Å²) in [6.07, 6.45) is 1.62. The summed E-state index contributed by atoms with van der Waals surface area (Å²) in [6, 6.07) is 24.0. The van der Waals surface area contributed by atoms with E-state index < -0.39 is 11.9 Å². The molecule has 0 unspecified atom stereocenters. The zero-order valence-corrected chi connectivity index (χ0v) is 22.0. The van der Waals surface area contributed by atoms with Crippen LogP contribution in [0.1, 0.15) is 11.1 Å². The molecule has 1 aliphatic heterocycles. The van der Waals surface area contributed by atoms with Gasteiger partial charge in [0.25, 0.3) is 5.91 Å². The minimum Gasteiger partial charge on any atom is -0.493 e. The lowest BCUT2D eigenvalue weighted by molar-refractivity contribution is -0.113. The van der Waals surface area contributed by atoms with Crippen LogP contribution in [0.25, 0.3) is 16.8 Å². The number of fused-ring (bicyclic) bond motifs is 1. The molecular weight excluding hydrogens is 591 g/mol. The predicted molar refractivity (Wildman–Crippen MR) is 149 cm³/mol. The minimum absolute atomic E-state index is 0.155. The predicted octanol–water partition coefficient (Wildman–Crippen LogP) is 6.78. The van der Waals surface area contributed by atoms with Crippen LogP contribution in [0.15, 0.2) is 84.6 Å². The van der Waals surface area contributed by atoms with Gasteiger partial charge in [-0.05, 0) is 80.9 Å². The van der Waals surface area contributed by atoms with Gasteiger partial charge in [-0.25, -0.2) is 9.69 Å². The number of benzene rings is 4. The topological polar surface area (TPSA) is 67.9 Å². The molecule has 1 N–H and O–H groups in total. The first-order valence-corrected chi connectivity index (χ1v) is 12.5. The molecule has 4 aromatic rings. The standard InChI is InChI=1S/C28H20ClIN2O4/c1-35-25-14-17(13-24-27(33)32(28(34)31-24)21-10-5-9-20(29)15-21)12-23(30)26(25)36-16-19-8-4-7-18-6-2-3-11-22(18)19/h2-15H,16H2,1H3,(H,31,34)/b24-13+. The Balaban J connectivity index is 1.41. The zero-order valence-electron chi connectivity index (χ0n) is 19.1. The summed E-state index contributed by atoms with van der Waals surface area (Å²) in [5.74, 6) is 0.667. The maximum atomic E-state index is 13.0. The Kier molecular flexibility index (Phi) is 6.84. The lowest BCUT2D eigenvalue weighted by Crippen LogP contribution is -2.30. The summed E-state index contributed by atoms with van der Waals surface area (Å²) < 4.78 is 12.6. The van der Waals surface area contributed by atoms with E-state index in [2.05, 4.69) is 46.1 Å². The fourth-order valence-electron chi connectivity index (χ4n) is 4.08. The Morgan fingerprint density at radius 1 is 1.00 bits per heavy atom. The van der Waals surface area contributed by atoms with E-state index in [4.69, 9.17) is 21.1 Å². The highest BCUT2D eigenvalue weighted by Gasteiger charge is 2.35. The smallest absolute Gasteiger partial charge is 0.333 e. The quantitative estimate of drug-likeness (QED) is 0.148. The van der Waals surface area contributed by atoms with E-state index in [-0.39, 0.29) is 5.70 Å². The summed E-state index contributed by atoms with van der Waals surface area (Å²) >= 11 is 8.21. The number of amides is 3. The second kappa shape index (κ2) is 10.2. The van der Waals surface area contributed by atoms with Crippen molar-refractivity contribution in [3.63, 3.8) is 0 Å². The number of methoxy groups -OCH3 is 1. The van der Waals surface area contributed by atoms with E-state index >= 15 is 0 Å². The first-order chi connectivity index (χ1) is 17.4. The van der Waals surface area contributed by atoms with Crippen molar-refractivity contribution in [2.75, 3.05) is 12.0 Å². The largest absolute Gasteiger partial charge is 0.493 e. The fourth-order valence-corrected chi connectivity index (χ4v) is 5.05. The third kappa shape index (κ3) is 4.76. The van der Waals surface area contributed by atoms with Crippen molar-refractivity contribution in [2.24, 2.45) is 0 Å². The number of halogens is 2. The van der Waals surface area contributed by atoms with Gasteiger partial charge in [0.1, 0.15) is 12.3 Å². The van der Waals surface area contributed by atoms with Crippen LogP contribution in [-0.2, 0) is 11.4 Å². The molecule has 4 aromatic carbocycles. The van der Waals surface area contributed by atoms with Gasteiger partial charge in [0, 0.05) is 5.02 Å². The van der Waals surface area contributed by atoms with Crippen molar-refractivity contribution in [3.05, 3.63) is 104 Å². The Bertz CT molecular complexity index is 1530. The van der Waals surface area contributed by atoms with Crippen molar-refractivity contribution in [1.29, 1.82) is 0 Å². The second-order valence-electron chi connectivity index (χ2n) is 8.07. The van der Waals surface area contributed by atoms with Crippen LogP contribution in [0, 0.1) is 3.57 Å². The average molecular weight is 611 g/mol. The molecule has 0 bridgehead atoms. The van der Waals surface area contributed by atoms with Gasteiger partial charge in [-0.2, -0.15) is 0 Å². The molecule has 0 saturated carbocycles. The van der Waals surface area contributed by atoms with Crippen LogP contribution in [0.4, 0.5) is 10.5 Å². The molecule has 1 fully saturated rings. The SMILES string of the molecule is COc1cc(/C=C2/NC(=O)N(c3cccc(Cl)c3)C2=O)cc(I)c1OCc1cccc2ccccc12. The number of carbonyl (C=O) groups is 2. The number of hydrogen-bond donors (Lipinski definition) is 1. The number of carbonyl (C=O) groups excluding carboxylic acids is 2. The Hall–Kier alpha value is -3.56. The number of hydrogen-bond acceptors (Lipinski definition) is 4. The van der Waals surface area contributed by atoms with Crippen molar-refractivity contribution in [3.8, 4) is 11.5 Å². The summed E-state index contributed by atoms with van der Waals surface area (Å²) in [5.41, 5.74) is 2.31. The molecule has 36 heavy (non-hydrogen) atoms. The molecule has 8 heteroatoms. The van der Waals surface area contributed by atoms with Gasteiger partial charge in [-0.1, -0.05) is 60.1 Å². The normalized spacial score (nSPS) is 14.4. The molecule has 0 aromatic heterocycles. The van der Waals surface area contributed by atoms with Crippen molar-refractivity contribution >= 4 is 68.7 Å². The highest BCUT2D eigenvalue weighted by atomic mass is 127. The zero-order chi connectivity index (χ0) is 25.2. The molecule has 180 valence electrons. The van der Waals surface area contributed by atoms with E-state index in [1.807, 2.05) is 30.3 Å². The van der Waals surface area contributed by atoms with Crippen molar-refractivity contribution in [2.45, 2.75) is 6.61 Å². The number of anilines is 1. The molecule has 0 spiro atoms. The molecule has 1 saturated heterocycles. The Morgan fingerprint density at radius 3 is 2.58 bits per heavy atom. The molecule has 1 heterocycles. The van der Waals surface area contributed by atoms with Crippen molar-refractivity contribution < 1.29 is 19.1 Å². The number of nitrogens with zero attached hydrogens (tertiary/aromatic N) is 1. The van der Waals surface area contributed by atoms with Gasteiger partial charge < -0.3 is 14.8 Å². The maximum Gasteiger partial charge on any atom is 0.333 e. The lowest BCUT2D eigenvalue weighted by atomic mass is 10.1. The first kappa shape index (κ1) is 24.1. The van der Waals surface area contributed by atoms with E-state index in [9.17, 15) is 9.59 Å². The Morgan fingerprint density at radius 2 is 1.78 bits per heavy atom. The van der Waals surface area contributed by atoms with Crippen LogP contribution in [0.5, 0.6) is 11.5 Å². The lowest BCUT2D eigenvalue weighted by Gasteiger charge is -2.15. The molecule has 3 amide bonds. The molecule has 0 atom stereocenters. The summed E-state index contributed by atoms with van der Waals surface area (Å²) in [6.45, 7) is 0.372. The summed E-state index contributed by atoms with van der Waals surface area (Å²) in [5, 5.41) is 5.36. The van der Waals surface area contributed by atoms with Gasteiger partial charge in [0.05, 0.1) is 16.4 Å². The summed E-state index contributed by atoms with van der Waals surface area (Å²) in [7, 11) is 1.57. The van der Waals surface area contributed by atoms with Gasteiger partial charge in [-0.3, -0.25) is 4.79 Å². The number of rotatable bonds is 6. The van der Waals surface area contributed by atoms with E-state index in [0.29, 0.717) is 34.4 Å². The van der Waals surface area contributed by atoms with Gasteiger partial charge in [0.15, 0.2) is 11.5 Å². The molecule has 6 nitrogen and oxygen atoms in total.